The van der Waals surface area contributed by atoms with E-state index in [1.807, 2.05) is 26.0 Å². The van der Waals surface area contributed by atoms with Crippen molar-refractivity contribution in [3.63, 3.8) is 0 Å². The van der Waals surface area contributed by atoms with Gasteiger partial charge < -0.3 is 5.32 Å². The molecule has 2 N–H and O–H groups in total. The molecule has 0 aliphatic rings. The Morgan fingerprint density at radius 2 is 2.00 bits per heavy atom. The molecule has 112 valence electrons. The lowest BCUT2D eigenvalue weighted by atomic mass is 10.2. The second-order valence-corrected chi connectivity index (χ2v) is 6.27. The topological polar surface area (TPSA) is 84.0 Å². The van der Waals surface area contributed by atoms with E-state index < -0.39 is 10.0 Å². The van der Waals surface area contributed by atoms with E-state index in [0.29, 0.717) is 12.2 Å². The summed E-state index contributed by atoms with van der Waals surface area (Å²) in [6.45, 7) is 4.61. The minimum Gasteiger partial charge on any atom is -0.384 e. The summed E-state index contributed by atoms with van der Waals surface area (Å²) < 4.78 is 27.3. The first kappa shape index (κ1) is 15.4. The lowest BCUT2D eigenvalue weighted by Crippen LogP contribution is -2.24. The van der Waals surface area contributed by atoms with Crippen molar-refractivity contribution in [2.24, 2.45) is 0 Å². The van der Waals surface area contributed by atoms with Crippen LogP contribution in [0.25, 0.3) is 0 Å². The minimum absolute atomic E-state index is 0.145. The maximum absolute atomic E-state index is 12.4. The second kappa shape index (κ2) is 6.64. The number of sulfonamides is 1. The zero-order chi connectivity index (χ0) is 15.3. The molecule has 2 heterocycles. The van der Waals surface area contributed by atoms with Crippen LogP contribution in [0.4, 0.5) is 5.69 Å². The van der Waals surface area contributed by atoms with E-state index >= 15 is 0 Å². The number of rotatable bonds is 6. The summed E-state index contributed by atoms with van der Waals surface area (Å²) in [5.41, 5.74) is 2.24. The number of aromatic nitrogens is 2. The third-order valence-electron chi connectivity index (χ3n) is 2.88. The average Bonchev–Trinajstić information content (AvgIpc) is 2.47. The van der Waals surface area contributed by atoms with E-state index in [1.54, 1.807) is 18.5 Å². The van der Waals surface area contributed by atoms with Crippen LogP contribution >= 0.6 is 0 Å². The first-order valence-electron chi connectivity index (χ1n) is 6.62. The molecule has 0 aromatic carbocycles. The molecule has 0 spiro atoms. The number of hydrogen-bond acceptors (Lipinski definition) is 5. The Kier molecular flexibility index (Phi) is 4.87. The Morgan fingerprint density at radius 3 is 2.67 bits per heavy atom. The summed E-state index contributed by atoms with van der Waals surface area (Å²) in [5.74, 6) is 0. The van der Waals surface area contributed by atoms with Gasteiger partial charge in [-0.25, -0.2) is 13.1 Å². The van der Waals surface area contributed by atoms with E-state index in [9.17, 15) is 8.42 Å². The number of pyridine rings is 2. The van der Waals surface area contributed by atoms with E-state index in [2.05, 4.69) is 20.0 Å². The summed E-state index contributed by atoms with van der Waals surface area (Å²) in [5, 5.41) is 3.02. The van der Waals surface area contributed by atoms with Gasteiger partial charge in [-0.3, -0.25) is 9.97 Å². The number of nitrogens with one attached hydrogen (secondary N) is 2. The second-order valence-electron chi connectivity index (χ2n) is 4.53. The molecule has 2 aromatic rings. The van der Waals surface area contributed by atoms with Gasteiger partial charge in [0.2, 0.25) is 10.0 Å². The third-order valence-corrected chi connectivity index (χ3v) is 4.31. The zero-order valence-electron chi connectivity index (χ0n) is 12.0. The average molecular weight is 306 g/mol. The molecule has 2 rings (SSSR count). The number of anilines is 1. The van der Waals surface area contributed by atoms with Crippen molar-refractivity contribution in [2.75, 3.05) is 11.9 Å². The van der Waals surface area contributed by atoms with Gasteiger partial charge in [0.05, 0.1) is 5.69 Å². The van der Waals surface area contributed by atoms with Gasteiger partial charge in [-0.15, -0.1) is 0 Å². The Balaban J connectivity index is 2.17. The Morgan fingerprint density at radius 1 is 1.19 bits per heavy atom. The molecule has 0 bridgehead atoms. The number of nitrogens with zero attached hydrogens (tertiary/aromatic N) is 2. The van der Waals surface area contributed by atoms with Gasteiger partial charge in [-0.05, 0) is 31.5 Å². The van der Waals surface area contributed by atoms with Gasteiger partial charge in [0.1, 0.15) is 4.90 Å². The van der Waals surface area contributed by atoms with Gasteiger partial charge in [0.15, 0.2) is 0 Å². The van der Waals surface area contributed by atoms with Crippen molar-refractivity contribution in [1.29, 1.82) is 0 Å². The predicted molar refractivity (Wildman–Crippen MR) is 81.4 cm³/mol. The third kappa shape index (κ3) is 3.99. The maximum Gasteiger partial charge on any atom is 0.244 e. The van der Waals surface area contributed by atoms with Gasteiger partial charge in [0.25, 0.3) is 0 Å². The normalized spacial score (nSPS) is 11.3. The molecular weight excluding hydrogens is 288 g/mol. The van der Waals surface area contributed by atoms with Gasteiger partial charge in [-0.2, -0.15) is 0 Å². The van der Waals surface area contributed by atoms with Crippen molar-refractivity contribution in [1.82, 2.24) is 14.7 Å². The largest absolute Gasteiger partial charge is 0.384 e. The molecule has 0 aliphatic heterocycles. The van der Waals surface area contributed by atoms with Crippen molar-refractivity contribution < 1.29 is 8.42 Å². The number of hydrogen-bond donors (Lipinski definition) is 2. The quantitative estimate of drug-likeness (QED) is 0.848. The maximum atomic E-state index is 12.4. The summed E-state index contributed by atoms with van der Waals surface area (Å²) in [6.07, 6.45) is 4.56. The van der Waals surface area contributed by atoms with Crippen LogP contribution in [0.5, 0.6) is 0 Å². The van der Waals surface area contributed by atoms with E-state index in [0.717, 1.165) is 11.3 Å². The molecule has 2 aromatic heterocycles. The van der Waals surface area contributed by atoms with Crippen LogP contribution in [0.2, 0.25) is 0 Å². The monoisotopic (exact) mass is 306 g/mol. The first-order chi connectivity index (χ1) is 10.0. The fourth-order valence-corrected chi connectivity index (χ4v) is 2.93. The molecule has 21 heavy (non-hydrogen) atoms. The molecule has 0 radical (unpaired) electrons. The van der Waals surface area contributed by atoms with Crippen LogP contribution in [0.3, 0.4) is 0 Å². The smallest absolute Gasteiger partial charge is 0.244 e. The predicted octanol–water partition coefficient (Wildman–Crippen LogP) is 1.70. The summed E-state index contributed by atoms with van der Waals surface area (Å²) >= 11 is 0. The van der Waals surface area contributed by atoms with Crippen LogP contribution in [0, 0.1) is 6.92 Å². The molecular formula is C14H18N4O2S. The molecule has 0 aliphatic carbocycles. The van der Waals surface area contributed by atoms with Crippen LogP contribution in [0.1, 0.15) is 18.2 Å². The lowest BCUT2D eigenvalue weighted by Gasteiger charge is -2.11. The lowest BCUT2D eigenvalue weighted by molar-refractivity contribution is 0.581. The van der Waals surface area contributed by atoms with Crippen molar-refractivity contribution >= 4 is 15.7 Å². The van der Waals surface area contributed by atoms with Gasteiger partial charge in [-0.1, -0.05) is 6.07 Å². The molecule has 7 heteroatoms. The van der Waals surface area contributed by atoms with Crippen LogP contribution < -0.4 is 10.0 Å². The highest BCUT2D eigenvalue weighted by molar-refractivity contribution is 7.89. The highest BCUT2D eigenvalue weighted by Gasteiger charge is 2.18. The standard InChI is InChI=1S/C14H18N4O2S/c1-3-16-13-6-7-15-10-14(13)21(19,20)18-9-12-5-4-11(2)17-8-12/h4-8,10,18H,3,9H2,1-2H3,(H,15,16). The molecule has 0 amide bonds. The number of aryl methyl sites for hydroxylation is 1. The molecule has 0 fully saturated rings. The summed E-state index contributed by atoms with van der Waals surface area (Å²) in [7, 11) is -3.62. The summed E-state index contributed by atoms with van der Waals surface area (Å²) in [6, 6.07) is 5.34. The van der Waals surface area contributed by atoms with Crippen molar-refractivity contribution in [2.45, 2.75) is 25.3 Å². The minimum atomic E-state index is -3.62. The fourth-order valence-electron chi connectivity index (χ4n) is 1.79. The van der Waals surface area contributed by atoms with Crippen LogP contribution in [-0.2, 0) is 16.6 Å². The molecule has 0 saturated carbocycles. The Hall–Kier alpha value is -1.99. The first-order valence-corrected chi connectivity index (χ1v) is 8.10. The van der Waals surface area contributed by atoms with Crippen LogP contribution in [-0.4, -0.2) is 24.9 Å². The highest BCUT2D eigenvalue weighted by Crippen LogP contribution is 2.19. The molecule has 0 unspecified atom stereocenters. The van der Waals surface area contributed by atoms with Crippen LogP contribution in [0.15, 0.2) is 41.7 Å². The van der Waals surface area contributed by atoms with E-state index in [-0.39, 0.29) is 11.4 Å². The molecule has 0 atom stereocenters. The highest BCUT2D eigenvalue weighted by atomic mass is 32.2. The van der Waals surface area contributed by atoms with E-state index in [4.69, 9.17) is 0 Å². The summed E-state index contributed by atoms with van der Waals surface area (Å²) in [4.78, 5) is 8.17. The Labute approximate surface area is 124 Å². The molecule has 0 saturated heterocycles. The van der Waals surface area contributed by atoms with E-state index in [1.165, 1.54) is 6.20 Å². The fraction of sp³-hybridized carbons (Fsp3) is 0.286. The van der Waals surface area contributed by atoms with Gasteiger partial charge in [0, 0.05) is 37.4 Å². The van der Waals surface area contributed by atoms with Crippen molar-refractivity contribution in [3.05, 3.63) is 48.0 Å². The Bertz CT molecular complexity index is 699. The molecule has 6 nitrogen and oxygen atoms in total. The SMILES string of the molecule is CCNc1ccncc1S(=O)(=O)NCc1ccc(C)nc1. The van der Waals surface area contributed by atoms with Gasteiger partial charge >= 0.3 is 0 Å². The zero-order valence-corrected chi connectivity index (χ0v) is 12.8. The van der Waals surface area contributed by atoms with Crippen molar-refractivity contribution in [3.8, 4) is 0 Å².